The number of hydrogen-bond donors (Lipinski definition) is 1. The third kappa shape index (κ3) is 2.56. The molecule has 2 unspecified atom stereocenters. The van der Waals surface area contributed by atoms with Crippen molar-refractivity contribution in [3.63, 3.8) is 0 Å². The SMILES string of the molecule is CC(O)C(C)O[O]. The summed E-state index contributed by atoms with van der Waals surface area (Å²) in [6.45, 7) is 3.01. The molecule has 0 saturated heterocycles. The minimum absolute atomic E-state index is 0.597. The summed E-state index contributed by atoms with van der Waals surface area (Å²) >= 11 is 0. The molecular formula is C4H9O3. The Morgan fingerprint density at radius 2 is 2.00 bits per heavy atom. The van der Waals surface area contributed by atoms with Gasteiger partial charge in [-0.1, -0.05) is 0 Å². The molecule has 0 heterocycles. The monoisotopic (exact) mass is 105 g/mol. The van der Waals surface area contributed by atoms with E-state index < -0.39 is 12.2 Å². The van der Waals surface area contributed by atoms with Gasteiger partial charge in [0.15, 0.2) is 0 Å². The van der Waals surface area contributed by atoms with Crippen LogP contribution >= 0.6 is 0 Å². The second-order valence-corrected chi connectivity index (χ2v) is 1.54. The summed E-state index contributed by atoms with van der Waals surface area (Å²) in [5.41, 5.74) is 0. The Bertz CT molecular complexity index is 44.2. The average Bonchev–Trinajstić information content (AvgIpc) is 1.65. The second-order valence-electron chi connectivity index (χ2n) is 1.54. The van der Waals surface area contributed by atoms with E-state index in [9.17, 15) is 5.26 Å². The first-order chi connectivity index (χ1) is 3.18. The van der Waals surface area contributed by atoms with Crippen LogP contribution in [-0.4, -0.2) is 17.3 Å². The highest BCUT2D eigenvalue weighted by molar-refractivity contribution is 4.52. The molecule has 3 nitrogen and oxygen atoms in total. The minimum Gasteiger partial charge on any atom is -0.391 e. The molecule has 0 aliphatic carbocycles. The summed E-state index contributed by atoms with van der Waals surface area (Å²) in [7, 11) is 0. The molecule has 3 heteroatoms. The van der Waals surface area contributed by atoms with Crippen molar-refractivity contribution in [1.82, 2.24) is 0 Å². The van der Waals surface area contributed by atoms with Crippen molar-refractivity contribution in [2.24, 2.45) is 0 Å². The van der Waals surface area contributed by atoms with Crippen LogP contribution in [0.25, 0.3) is 0 Å². The largest absolute Gasteiger partial charge is 0.391 e. The number of hydrogen-bond acceptors (Lipinski definition) is 2. The molecule has 0 aliphatic rings. The highest BCUT2D eigenvalue weighted by Gasteiger charge is 2.07. The minimum atomic E-state index is -0.669. The maximum absolute atomic E-state index is 9.41. The first-order valence-corrected chi connectivity index (χ1v) is 2.15. The van der Waals surface area contributed by atoms with Crippen LogP contribution in [0.1, 0.15) is 13.8 Å². The summed E-state index contributed by atoms with van der Waals surface area (Å²) in [6.07, 6.45) is -1.27. The lowest BCUT2D eigenvalue weighted by Crippen LogP contribution is -2.20. The molecule has 0 fully saturated rings. The van der Waals surface area contributed by atoms with Crippen LogP contribution in [0.2, 0.25) is 0 Å². The van der Waals surface area contributed by atoms with E-state index in [1.54, 1.807) is 0 Å². The normalized spacial score (nSPS) is 18.9. The zero-order chi connectivity index (χ0) is 5.86. The Labute approximate surface area is 42.5 Å². The van der Waals surface area contributed by atoms with E-state index >= 15 is 0 Å². The molecule has 7 heavy (non-hydrogen) atoms. The first kappa shape index (κ1) is 6.88. The summed E-state index contributed by atoms with van der Waals surface area (Å²) in [5.74, 6) is 0. The van der Waals surface area contributed by atoms with Gasteiger partial charge in [0.2, 0.25) is 0 Å². The van der Waals surface area contributed by atoms with Crippen molar-refractivity contribution >= 4 is 0 Å². The predicted octanol–water partition coefficient (Wildman–Crippen LogP) is 0.118. The van der Waals surface area contributed by atoms with Gasteiger partial charge in [-0.3, -0.25) is 0 Å². The molecule has 1 N–H and O–H groups in total. The Morgan fingerprint density at radius 3 is 2.00 bits per heavy atom. The molecule has 0 spiro atoms. The summed E-state index contributed by atoms with van der Waals surface area (Å²) in [5, 5.41) is 17.9. The molecule has 0 aliphatic heterocycles. The van der Waals surface area contributed by atoms with E-state index in [1.807, 2.05) is 0 Å². The van der Waals surface area contributed by atoms with Gasteiger partial charge in [-0.2, -0.15) is 4.89 Å². The van der Waals surface area contributed by atoms with Crippen LogP contribution in [0.15, 0.2) is 0 Å². The molecule has 0 aromatic heterocycles. The molecule has 2 atom stereocenters. The zero-order valence-corrected chi connectivity index (χ0v) is 4.42. The van der Waals surface area contributed by atoms with E-state index in [2.05, 4.69) is 4.89 Å². The van der Waals surface area contributed by atoms with Crippen LogP contribution < -0.4 is 0 Å². The lowest BCUT2D eigenvalue weighted by Gasteiger charge is -2.06. The molecule has 0 aromatic rings. The fraction of sp³-hybridized carbons (Fsp3) is 1.00. The van der Waals surface area contributed by atoms with Crippen molar-refractivity contribution in [3.8, 4) is 0 Å². The summed E-state index contributed by atoms with van der Waals surface area (Å²) in [6, 6.07) is 0. The van der Waals surface area contributed by atoms with Gasteiger partial charge in [-0.25, -0.2) is 0 Å². The van der Waals surface area contributed by atoms with Gasteiger partial charge >= 0.3 is 0 Å². The Balaban J connectivity index is 3.14. The van der Waals surface area contributed by atoms with Crippen LogP contribution in [0.3, 0.4) is 0 Å². The third-order valence-electron chi connectivity index (χ3n) is 0.831. The van der Waals surface area contributed by atoms with Gasteiger partial charge in [0, 0.05) is 0 Å². The Morgan fingerprint density at radius 1 is 1.57 bits per heavy atom. The summed E-state index contributed by atoms with van der Waals surface area (Å²) < 4.78 is 0. The van der Waals surface area contributed by atoms with Crippen molar-refractivity contribution in [3.05, 3.63) is 0 Å². The molecule has 43 valence electrons. The molecular weight excluding hydrogens is 96.0 g/mol. The molecule has 0 amide bonds. The maximum atomic E-state index is 9.41. The van der Waals surface area contributed by atoms with Crippen LogP contribution in [0, 0.1) is 0 Å². The molecule has 0 aromatic carbocycles. The van der Waals surface area contributed by atoms with Gasteiger partial charge in [0.05, 0.1) is 6.10 Å². The van der Waals surface area contributed by atoms with E-state index in [0.717, 1.165) is 0 Å². The summed E-state index contributed by atoms with van der Waals surface area (Å²) in [4.78, 5) is 3.51. The number of aliphatic hydroxyl groups is 1. The zero-order valence-electron chi connectivity index (χ0n) is 4.42. The Kier molecular flexibility index (Phi) is 2.91. The quantitative estimate of drug-likeness (QED) is 0.400. The van der Waals surface area contributed by atoms with Gasteiger partial charge in [-0.15, -0.1) is 0 Å². The number of aliphatic hydroxyl groups excluding tert-OH is 1. The average molecular weight is 105 g/mol. The van der Waals surface area contributed by atoms with Crippen molar-refractivity contribution in [2.45, 2.75) is 26.1 Å². The maximum Gasteiger partial charge on any atom is 0.119 e. The first-order valence-electron chi connectivity index (χ1n) is 2.15. The standard InChI is InChI=1S/C4H9O3/c1-3(5)4(2)7-6/h3-5H,1-2H3. The van der Waals surface area contributed by atoms with E-state index in [1.165, 1.54) is 13.8 Å². The lowest BCUT2D eigenvalue weighted by molar-refractivity contribution is -0.343. The fourth-order valence-corrected chi connectivity index (χ4v) is 0.0804. The highest BCUT2D eigenvalue weighted by Crippen LogP contribution is 1.93. The van der Waals surface area contributed by atoms with Gasteiger partial charge in [0.25, 0.3) is 0 Å². The van der Waals surface area contributed by atoms with Crippen molar-refractivity contribution in [1.29, 1.82) is 0 Å². The molecule has 0 bridgehead atoms. The highest BCUT2D eigenvalue weighted by atomic mass is 17.1. The van der Waals surface area contributed by atoms with Gasteiger partial charge < -0.3 is 5.11 Å². The van der Waals surface area contributed by atoms with Crippen LogP contribution in [0.5, 0.6) is 0 Å². The Hall–Kier alpha value is -0.120. The smallest absolute Gasteiger partial charge is 0.119 e. The fourth-order valence-electron chi connectivity index (χ4n) is 0.0804. The van der Waals surface area contributed by atoms with E-state index in [0.29, 0.717) is 0 Å². The van der Waals surface area contributed by atoms with Crippen molar-refractivity contribution in [2.75, 3.05) is 0 Å². The lowest BCUT2D eigenvalue weighted by atomic mass is 10.3. The van der Waals surface area contributed by atoms with E-state index in [4.69, 9.17) is 5.11 Å². The third-order valence-corrected chi connectivity index (χ3v) is 0.831. The van der Waals surface area contributed by atoms with Gasteiger partial charge in [-0.05, 0) is 19.1 Å². The number of rotatable bonds is 2. The predicted molar refractivity (Wildman–Crippen MR) is 22.9 cm³/mol. The topological polar surface area (TPSA) is 49.4 Å². The molecule has 1 radical (unpaired) electrons. The molecule has 0 rings (SSSR count). The second kappa shape index (κ2) is 2.96. The molecule has 0 saturated carbocycles. The van der Waals surface area contributed by atoms with E-state index in [-0.39, 0.29) is 0 Å². The van der Waals surface area contributed by atoms with Gasteiger partial charge in [0.1, 0.15) is 6.10 Å². The van der Waals surface area contributed by atoms with Crippen LogP contribution in [-0.2, 0) is 10.1 Å². The van der Waals surface area contributed by atoms with Crippen molar-refractivity contribution < 1.29 is 15.3 Å². The van der Waals surface area contributed by atoms with Crippen LogP contribution in [0.4, 0.5) is 0 Å².